The summed E-state index contributed by atoms with van der Waals surface area (Å²) in [5.74, 6) is 0.00759. The summed E-state index contributed by atoms with van der Waals surface area (Å²) in [5, 5.41) is 0. The monoisotopic (exact) mass is 221 g/mol. The van der Waals surface area contributed by atoms with Crippen LogP contribution in [0.25, 0.3) is 0 Å². The van der Waals surface area contributed by atoms with Gasteiger partial charge >= 0.3 is 0 Å². The zero-order valence-electron chi connectivity index (χ0n) is 9.50. The largest absolute Gasteiger partial charge is 0.364 e. The van der Waals surface area contributed by atoms with Crippen LogP contribution in [0.1, 0.15) is 25.3 Å². The normalized spacial score (nSPS) is 14.0. The fourth-order valence-corrected chi connectivity index (χ4v) is 2.15. The minimum absolute atomic E-state index is 0.228. The first-order valence-electron chi connectivity index (χ1n) is 5.75. The molecule has 1 heterocycles. The molecule has 1 aromatic rings. The number of carbonyl (C=O) groups excluding carboxylic acids is 1. The fraction of sp³-hybridized carbons (Fsp3) is 0.462. The summed E-state index contributed by atoms with van der Waals surface area (Å²) in [6, 6.07) is 4.83. The Morgan fingerprint density at radius 2 is 2.31 bits per heavy atom. The van der Waals surface area contributed by atoms with Gasteiger partial charge in [0.2, 0.25) is 0 Å². The van der Waals surface area contributed by atoms with Crippen molar-refractivity contribution < 1.29 is 9.18 Å². The highest BCUT2D eigenvalue weighted by molar-refractivity contribution is 5.84. The van der Waals surface area contributed by atoms with Crippen molar-refractivity contribution in [2.24, 2.45) is 0 Å². The van der Waals surface area contributed by atoms with Crippen molar-refractivity contribution in [3.63, 3.8) is 0 Å². The molecule has 0 saturated heterocycles. The first kappa shape index (κ1) is 11.1. The van der Waals surface area contributed by atoms with Crippen LogP contribution in [0.2, 0.25) is 0 Å². The molecule has 0 bridgehead atoms. The summed E-state index contributed by atoms with van der Waals surface area (Å²) >= 11 is 0. The standard InChI is InChI=1S/C13H16FNO/c1-2-3-12(16)9-15-7-6-10-4-5-11(14)8-13(10)15/h4-5,8H,2-3,6-7,9H2,1H3. The SMILES string of the molecule is CCCC(=O)CN1CCc2ccc(F)cc21. The van der Waals surface area contributed by atoms with Gasteiger partial charge in [0.25, 0.3) is 0 Å². The van der Waals surface area contributed by atoms with Gasteiger partial charge in [-0.15, -0.1) is 0 Å². The smallest absolute Gasteiger partial charge is 0.152 e. The molecule has 1 aromatic carbocycles. The molecule has 0 N–H and O–H groups in total. The predicted molar refractivity (Wildman–Crippen MR) is 62.2 cm³/mol. The Balaban J connectivity index is 2.11. The minimum atomic E-state index is -0.228. The van der Waals surface area contributed by atoms with Crippen LogP contribution in [0.4, 0.5) is 10.1 Å². The van der Waals surface area contributed by atoms with E-state index in [-0.39, 0.29) is 11.6 Å². The van der Waals surface area contributed by atoms with E-state index in [0.717, 1.165) is 30.6 Å². The molecule has 1 aliphatic heterocycles. The molecule has 1 aliphatic rings. The van der Waals surface area contributed by atoms with Crippen LogP contribution in [0.5, 0.6) is 0 Å². The van der Waals surface area contributed by atoms with Crippen LogP contribution in [-0.2, 0) is 11.2 Å². The maximum atomic E-state index is 13.1. The number of carbonyl (C=O) groups is 1. The molecule has 2 nitrogen and oxygen atoms in total. The number of rotatable bonds is 4. The van der Waals surface area contributed by atoms with Crippen molar-refractivity contribution in [2.45, 2.75) is 26.2 Å². The minimum Gasteiger partial charge on any atom is -0.364 e. The van der Waals surface area contributed by atoms with E-state index in [9.17, 15) is 9.18 Å². The van der Waals surface area contributed by atoms with Crippen molar-refractivity contribution in [2.75, 3.05) is 18.0 Å². The number of Topliss-reactive ketones (excluding diaryl/α,β-unsaturated/α-hetero) is 1. The van der Waals surface area contributed by atoms with Crippen molar-refractivity contribution in [3.8, 4) is 0 Å². The number of halogens is 1. The van der Waals surface area contributed by atoms with Gasteiger partial charge in [-0.05, 0) is 30.5 Å². The molecule has 0 fully saturated rings. The number of anilines is 1. The molecule has 86 valence electrons. The third-order valence-corrected chi connectivity index (χ3v) is 2.94. The van der Waals surface area contributed by atoms with Crippen LogP contribution < -0.4 is 4.90 Å². The first-order chi connectivity index (χ1) is 7.70. The maximum Gasteiger partial charge on any atom is 0.152 e. The second-order valence-electron chi connectivity index (χ2n) is 4.23. The van der Waals surface area contributed by atoms with Crippen LogP contribution in [0.15, 0.2) is 18.2 Å². The topological polar surface area (TPSA) is 20.3 Å². The summed E-state index contributed by atoms with van der Waals surface area (Å²) in [6.45, 7) is 3.24. The van der Waals surface area contributed by atoms with E-state index in [1.807, 2.05) is 17.9 Å². The van der Waals surface area contributed by atoms with Crippen LogP contribution >= 0.6 is 0 Å². The van der Waals surface area contributed by atoms with Crippen LogP contribution in [-0.4, -0.2) is 18.9 Å². The molecule has 0 spiro atoms. The molecule has 3 heteroatoms. The van der Waals surface area contributed by atoms with E-state index >= 15 is 0 Å². The zero-order chi connectivity index (χ0) is 11.5. The van der Waals surface area contributed by atoms with E-state index in [2.05, 4.69) is 0 Å². The summed E-state index contributed by atoms with van der Waals surface area (Å²) < 4.78 is 13.1. The average Bonchev–Trinajstić information content (AvgIpc) is 2.61. The van der Waals surface area contributed by atoms with Gasteiger partial charge in [0, 0.05) is 18.7 Å². The van der Waals surface area contributed by atoms with E-state index in [0.29, 0.717) is 13.0 Å². The Morgan fingerprint density at radius 3 is 3.06 bits per heavy atom. The van der Waals surface area contributed by atoms with Gasteiger partial charge in [0.1, 0.15) is 5.82 Å². The van der Waals surface area contributed by atoms with Gasteiger partial charge in [0.15, 0.2) is 5.78 Å². The van der Waals surface area contributed by atoms with Gasteiger partial charge in [-0.25, -0.2) is 4.39 Å². The van der Waals surface area contributed by atoms with Crippen molar-refractivity contribution in [1.29, 1.82) is 0 Å². The van der Waals surface area contributed by atoms with Crippen molar-refractivity contribution in [1.82, 2.24) is 0 Å². The second kappa shape index (κ2) is 4.64. The summed E-state index contributed by atoms with van der Waals surface area (Å²) in [6.07, 6.45) is 2.40. The summed E-state index contributed by atoms with van der Waals surface area (Å²) in [7, 11) is 0. The molecule has 2 rings (SSSR count). The fourth-order valence-electron chi connectivity index (χ4n) is 2.15. The summed E-state index contributed by atoms with van der Waals surface area (Å²) in [4.78, 5) is 13.5. The Kier molecular flexibility index (Phi) is 3.22. The highest BCUT2D eigenvalue weighted by atomic mass is 19.1. The lowest BCUT2D eigenvalue weighted by molar-refractivity contribution is -0.117. The number of fused-ring (bicyclic) bond motifs is 1. The number of benzene rings is 1. The Bertz CT molecular complexity index is 403. The quantitative estimate of drug-likeness (QED) is 0.778. The van der Waals surface area contributed by atoms with Gasteiger partial charge in [-0.2, -0.15) is 0 Å². The van der Waals surface area contributed by atoms with Gasteiger partial charge < -0.3 is 4.90 Å². The first-order valence-corrected chi connectivity index (χ1v) is 5.75. The second-order valence-corrected chi connectivity index (χ2v) is 4.23. The van der Waals surface area contributed by atoms with Gasteiger partial charge in [-0.1, -0.05) is 13.0 Å². The third-order valence-electron chi connectivity index (χ3n) is 2.94. The molecule has 0 aromatic heterocycles. The van der Waals surface area contributed by atoms with E-state index in [4.69, 9.17) is 0 Å². The molecule has 0 amide bonds. The van der Waals surface area contributed by atoms with Crippen molar-refractivity contribution in [3.05, 3.63) is 29.6 Å². The molecule has 0 aliphatic carbocycles. The maximum absolute atomic E-state index is 13.1. The Labute approximate surface area is 95.1 Å². The third kappa shape index (κ3) is 2.23. The molecule has 0 unspecified atom stereocenters. The number of nitrogens with zero attached hydrogens (tertiary/aromatic N) is 1. The molecular weight excluding hydrogens is 205 g/mol. The lowest BCUT2D eigenvalue weighted by Gasteiger charge is -2.18. The lowest BCUT2D eigenvalue weighted by Crippen LogP contribution is -2.27. The Hall–Kier alpha value is -1.38. The molecule has 16 heavy (non-hydrogen) atoms. The van der Waals surface area contributed by atoms with Crippen molar-refractivity contribution >= 4 is 11.5 Å². The van der Waals surface area contributed by atoms with Crippen LogP contribution in [0.3, 0.4) is 0 Å². The number of ketones is 1. The van der Waals surface area contributed by atoms with Gasteiger partial charge in [0.05, 0.1) is 6.54 Å². The van der Waals surface area contributed by atoms with Crippen LogP contribution in [0, 0.1) is 5.82 Å². The van der Waals surface area contributed by atoms with E-state index < -0.39 is 0 Å². The van der Waals surface area contributed by atoms with Gasteiger partial charge in [-0.3, -0.25) is 4.79 Å². The average molecular weight is 221 g/mol. The molecule has 0 radical (unpaired) electrons. The number of hydrogen-bond acceptors (Lipinski definition) is 2. The predicted octanol–water partition coefficient (Wildman–Crippen LogP) is 2.56. The lowest BCUT2D eigenvalue weighted by atomic mass is 10.1. The highest BCUT2D eigenvalue weighted by Crippen LogP contribution is 2.28. The molecule has 0 atom stereocenters. The Morgan fingerprint density at radius 1 is 1.50 bits per heavy atom. The molecule has 0 saturated carbocycles. The number of hydrogen-bond donors (Lipinski definition) is 0. The van der Waals surface area contributed by atoms with E-state index in [1.165, 1.54) is 12.1 Å². The van der Waals surface area contributed by atoms with E-state index in [1.54, 1.807) is 0 Å². The molecular formula is C13H16FNO. The zero-order valence-corrected chi connectivity index (χ0v) is 9.50. The summed E-state index contributed by atoms with van der Waals surface area (Å²) in [5.41, 5.74) is 2.04. The highest BCUT2D eigenvalue weighted by Gasteiger charge is 2.20.